The van der Waals surface area contributed by atoms with Gasteiger partial charge in [0.1, 0.15) is 11.9 Å². The number of halogens is 1. The topological polar surface area (TPSA) is 41.5 Å². The van der Waals surface area contributed by atoms with Crippen LogP contribution in [-0.2, 0) is 0 Å². The summed E-state index contributed by atoms with van der Waals surface area (Å²) < 4.78 is 5.28. The first-order chi connectivity index (χ1) is 9.11. The molecule has 2 rings (SSSR count). The number of hydrogen-bond donors (Lipinski definition) is 2. The van der Waals surface area contributed by atoms with Crippen LogP contribution in [0.2, 0.25) is 5.02 Å². The molecule has 0 amide bonds. The number of methoxy groups -OCH3 is 1. The molecule has 5 heteroatoms. The first-order valence-electron chi connectivity index (χ1n) is 5.91. The zero-order chi connectivity index (χ0) is 13.8. The van der Waals surface area contributed by atoms with E-state index in [9.17, 15) is 5.11 Å². The first-order valence-corrected chi connectivity index (χ1v) is 7.17. The summed E-state index contributed by atoms with van der Waals surface area (Å²) in [5.41, 5.74) is 1.80. The Hall–Kier alpha value is -1.23. The lowest BCUT2D eigenvalue weighted by Gasteiger charge is -2.15. The van der Waals surface area contributed by atoms with E-state index in [1.165, 1.54) is 11.3 Å². The summed E-state index contributed by atoms with van der Waals surface area (Å²) in [5, 5.41) is 15.9. The largest absolute Gasteiger partial charge is 0.495 e. The number of hydrogen-bond acceptors (Lipinski definition) is 4. The van der Waals surface area contributed by atoms with Gasteiger partial charge in [-0.15, -0.1) is 11.3 Å². The van der Waals surface area contributed by atoms with Crippen LogP contribution < -0.4 is 10.1 Å². The van der Waals surface area contributed by atoms with Crippen LogP contribution >= 0.6 is 22.9 Å². The van der Waals surface area contributed by atoms with Gasteiger partial charge in [-0.05, 0) is 30.0 Å². The summed E-state index contributed by atoms with van der Waals surface area (Å²) in [6.07, 6.45) is -0.527. The summed E-state index contributed by atoms with van der Waals surface area (Å²) in [5.74, 6) is 0.675. The second-order valence-electron chi connectivity index (χ2n) is 4.21. The molecule has 1 atom stereocenters. The lowest BCUT2D eigenvalue weighted by molar-refractivity contribution is 0.195. The molecule has 0 aliphatic rings. The van der Waals surface area contributed by atoms with Crippen molar-refractivity contribution in [3.8, 4) is 5.75 Å². The fourth-order valence-electron chi connectivity index (χ4n) is 1.76. The third kappa shape index (κ3) is 3.41. The number of thiophene rings is 1. The van der Waals surface area contributed by atoms with E-state index in [4.69, 9.17) is 16.3 Å². The molecule has 3 nitrogen and oxygen atoms in total. The molecule has 0 aliphatic heterocycles. The maximum atomic E-state index is 10.0. The predicted molar refractivity (Wildman–Crippen MR) is 80.5 cm³/mol. The van der Waals surface area contributed by atoms with Crippen molar-refractivity contribution in [1.29, 1.82) is 0 Å². The van der Waals surface area contributed by atoms with E-state index in [0.29, 0.717) is 17.3 Å². The number of aliphatic hydroxyl groups excluding tert-OH is 1. The number of nitrogens with one attached hydrogen (secondary N) is 1. The van der Waals surface area contributed by atoms with Crippen LogP contribution in [0.3, 0.4) is 0 Å². The number of ether oxygens (including phenoxy) is 1. The molecule has 0 fully saturated rings. The van der Waals surface area contributed by atoms with Crippen molar-refractivity contribution < 1.29 is 9.84 Å². The SMILES string of the molecule is COc1cc(Cl)c(C)cc1NCC(O)c1cccs1. The van der Waals surface area contributed by atoms with Gasteiger partial charge in [0.25, 0.3) is 0 Å². The van der Waals surface area contributed by atoms with Crippen LogP contribution in [-0.4, -0.2) is 18.8 Å². The Morgan fingerprint density at radius 2 is 2.26 bits per heavy atom. The summed E-state index contributed by atoms with van der Waals surface area (Å²) in [4.78, 5) is 0.942. The molecule has 1 unspecified atom stereocenters. The minimum absolute atomic E-state index is 0.429. The fourth-order valence-corrected chi connectivity index (χ4v) is 2.62. The molecule has 1 heterocycles. The number of benzene rings is 1. The average Bonchev–Trinajstić information content (AvgIpc) is 2.93. The summed E-state index contributed by atoms with van der Waals surface area (Å²) in [7, 11) is 1.60. The highest BCUT2D eigenvalue weighted by molar-refractivity contribution is 7.10. The highest BCUT2D eigenvalue weighted by Crippen LogP contribution is 2.31. The Bertz CT molecular complexity index is 543. The van der Waals surface area contributed by atoms with E-state index in [1.807, 2.05) is 30.5 Å². The number of aryl methyl sites for hydroxylation is 1. The van der Waals surface area contributed by atoms with Crippen LogP contribution in [0.15, 0.2) is 29.6 Å². The van der Waals surface area contributed by atoms with Crippen molar-refractivity contribution in [2.24, 2.45) is 0 Å². The summed E-state index contributed by atoms with van der Waals surface area (Å²) in [6, 6.07) is 7.54. The van der Waals surface area contributed by atoms with E-state index < -0.39 is 6.10 Å². The van der Waals surface area contributed by atoms with Gasteiger partial charge in [0.15, 0.2) is 0 Å². The third-order valence-electron chi connectivity index (χ3n) is 2.84. The molecule has 19 heavy (non-hydrogen) atoms. The lowest BCUT2D eigenvalue weighted by Crippen LogP contribution is -2.11. The van der Waals surface area contributed by atoms with Gasteiger partial charge in [-0.1, -0.05) is 17.7 Å². The minimum atomic E-state index is -0.527. The first kappa shape index (κ1) is 14.2. The summed E-state index contributed by atoms with van der Waals surface area (Å²) >= 11 is 7.59. The van der Waals surface area contributed by atoms with Gasteiger partial charge in [-0.3, -0.25) is 0 Å². The lowest BCUT2D eigenvalue weighted by atomic mass is 10.2. The van der Waals surface area contributed by atoms with Crippen molar-refractivity contribution in [3.63, 3.8) is 0 Å². The number of aliphatic hydroxyl groups is 1. The van der Waals surface area contributed by atoms with E-state index >= 15 is 0 Å². The highest BCUT2D eigenvalue weighted by atomic mass is 35.5. The number of anilines is 1. The molecule has 0 radical (unpaired) electrons. The van der Waals surface area contributed by atoms with Crippen molar-refractivity contribution in [2.45, 2.75) is 13.0 Å². The maximum Gasteiger partial charge on any atom is 0.143 e. The van der Waals surface area contributed by atoms with Gasteiger partial charge in [0, 0.05) is 22.5 Å². The Balaban J connectivity index is 2.09. The average molecular weight is 298 g/mol. The van der Waals surface area contributed by atoms with Gasteiger partial charge in [-0.2, -0.15) is 0 Å². The van der Waals surface area contributed by atoms with Crippen LogP contribution in [0, 0.1) is 6.92 Å². The summed E-state index contributed by atoms with van der Waals surface area (Å²) in [6.45, 7) is 2.36. The highest BCUT2D eigenvalue weighted by Gasteiger charge is 2.11. The zero-order valence-corrected chi connectivity index (χ0v) is 12.4. The molecule has 2 aromatic rings. The molecule has 102 valence electrons. The van der Waals surface area contributed by atoms with Crippen LogP contribution in [0.1, 0.15) is 16.5 Å². The van der Waals surface area contributed by atoms with Gasteiger partial charge < -0.3 is 15.2 Å². The third-order valence-corrected chi connectivity index (χ3v) is 4.22. The monoisotopic (exact) mass is 297 g/mol. The van der Waals surface area contributed by atoms with Crippen molar-refractivity contribution in [2.75, 3.05) is 19.0 Å². The standard InChI is InChI=1S/C14H16ClNO2S/c1-9-6-11(13(18-2)7-10(9)15)16-8-12(17)14-4-3-5-19-14/h3-7,12,16-17H,8H2,1-2H3. The zero-order valence-electron chi connectivity index (χ0n) is 10.8. The molecule has 0 saturated carbocycles. The molecule has 0 saturated heterocycles. The van der Waals surface area contributed by atoms with Gasteiger partial charge in [-0.25, -0.2) is 0 Å². The van der Waals surface area contributed by atoms with E-state index in [-0.39, 0.29) is 0 Å². The molecule has 0 bridgehead atoms. The van der Waals surface area contributed by atoms with E-state index in [1.54, 1.807) is 13.2 Å². The quantitative estimate of drug-likeness (QED) is 0.880. The predicted octanol–water partition coefficient (Wildman–Crippen LogP) is 3.86. The van der Waals surface area contributed by atoms with Crippen molar-refractivity contribution >= 4 is 28.6 Å². The Morgan fingerprint density at radius 3 is 2.89 bits per heavy atom. The van der Waals surface area contributed by atoms with Gasteiger partial charge in [0.05, 0.1) is 12.8 Å². The second-order valence-corrected chi connectivity index (χ2v) is 5.60. The molecule has 0 aliphatic carbocycles. The Morgan fingerprint density at radius 1 is 1.47 bits per heavy atom. The maximum absolute atomic E-state index is 10.0. The van der Waals surface area contributed by atoms with E-state index in [2.05, 4.69) is 5.32 Å². The molecular formula is C14H16ClNO2S. The Kier molecular flexibility index (Phi) is 4.69. The van der Waals surface area contributed by atoms with Gasteiger partial charge in [0.2, 0.25) is 0 Å². The molecule has 1 aromatic carbocycles. The van der Waals surface area contributed by atoms with Crippen LogP contribution in [0.25, 0.3) is 0 Å². The normalized spacial score (nSPS) is 12.2. The van der Waals surface area contributed by atoms with E-state index in [0.717, 1.165) is 16.1 Å². The smallest absolute Gasteiger partial charge is 0.143 e. The van der Waals surface area contributed by atoms with Gasteiger partial charge >= 0.3 is 0 Å². The Labute approximate surface area is 121 Å². The van der Waals surface area contributed by atoms with Crippen molar-refractivity contribution in [1.82, 2.24) is 0 Å². The second kappa shape index (κ2) is 6.28. The molecule has 1 aromatic heterocycles. The molecular weight excluding hydrogens is 282 g/mol. The molecule has 2 N–H and O–H groups in total. The molecule has 0 spiro atoms. The van der Waals surface area contributed by atoms with Crippen molar-refractivity contribution in [3.05, 3.63) is 45.1 Å². The fraction of sp³-hybridized carbons (Fsp3) is 0.286. The number of rotatable bonds is 5. The van der Waals surface area contributed by atoms with Crippen LogP contribution in [0.4, 0.5) is 5.69 Å². The minimum Gasteiger partial charge on any atom is -0.495 e. The van der Waals surface area contributed by atoms with Crippen LogP contribution in [0.5, 0.6) is 5.75 Å².